The van der Waals surface area contributed by atoms with Gasteiger partial charge in [-0.2, -0.15) is 0 Å². The maximum atomic E-state index is 11.9. The second kappa shape index (κ2) is 6.41. The average molecular weight is 311 g/mol. The summed E-state index contributed by atoms with van der Waals surface area (Å²) in [7, 11) is -2.97. The number of amides is 1. The molecule has 2 heterocycles. The van der Waals surface area contributed by atoms with Crippen LogP contribution in [0.1, 0.15) is 26.2 Å². The molecule has 0 bridgehead atoms. The molecule has 5 nitrogen and oxygen atoms in total. The van der Waals surface area contributed by atoms with Gasteiger partial charge in [-0.15, -0.1) is 12.4 Å². The summed E-state index contributed by atoms with van der Waals surface area (Å²) in [6.45, 7) is 4.75. The van der Waals surface area contributed by atoms with Crippen LogP contribution in [0.3, 0.4) is 0 Å². The standard InChI is InChI=1S/C12H22N2O3S.ClH/c1-12(4-2-5-13-8-12)9-14-11(15)10-3-6-18(16,17)7-10;/h10,13H,2-9H2,1H3,(H,14,15);1H. The summed E-state index contributed by atoms with van der Waals surface area (Å²) in [5.41, 5.74) is 0.103. The molecule has 2 N–H and O–H groups in total. The van der Waals surface area contributed by atoms with Crippen LogP contribution in [0.2, 0.25) is 0 Å². The SMILES string of the molecule is CC1(CNC(=O)C2CCS(=O)(=O)C2)CCCNC1.Cl. The van der Waals surface area contributed by atoms with Gasteiger partial charge < -0.3 is 10.6 Å². The van der Waals surface area contributed by atoms with Crippen LogP contribution in [0.4, 0.5) is 0 Å². The van der Waals surface area contributed by atoms with Gasteiger partial charge in [-0.1, -0.05) is 6.92 Å². The maximum Gasteiger partial charge on any atom is 0.224 e. The van der Waals surface area contributed by atoms with Gasteiger partial charge >= 0.3 is 0 Å². The van der Waals surface area contributed by atoms with Gasteiger partial charge in [0.05, 0.1) is 17.4 Å². The molecule has 2 fully saturated rings. The second-order valence-electron chi connectivity index (χ2n) is 5.91. The van der Waals surface area contributed by atoms with Crippen LogP contribution in [0, 0.1) is 11.3 Å². The van der Waals surface area contributed by atoms with Crippen molar-refractivity contribution in [3.63, 3.8) is 0 Å². The molecule has 0 spiro atoms. The fraction of sp³-hybridized carbons (Fsp3) is 0.917. The van der Waals surface area contributed by atoms with E-state index in [1.165, 1.54) is 0 Å². The normalized spacial score (nSPS) is 33.4. The quantitative estimate of drug-likeness (QED) is 0.789. The number of hydrogen-bond donors (Lipinski definition) is 2. The summed E-state index contributed by atoms with van der Waals surface area (Å²) < 4.78 is 22.6. The maximum absolute atomic E-state index is 11.9. The summed E-state index contributed by atoms with van der Waals surface area (Å²) >= 11 is 0. The first-order valence-electron chi connectivity index (χ1n) is 6.59. The number of sulfone groups is 1. The van der Waals surface area contributed by atoms with Crippen molar-refractivity contribution in [2.75, 3.05) is 31.1 Å². The monoisotopic (exact) mass is 310 g/mol. The van der Waals surface area contributed by atoms with E-state index in [1.54, 1.807) is 0 Å². The molecule has 1 amide bonds. The molecule has 0 aromatic rings. The Morgan fingerprint density at radius 1 is 1.47 bits per heavy atom. The lowest BCUT2D eigenvalue weighted by Gasteiger charge is -2.34. The second-order valence-corrected chi connectivity index (χ2v) is 8.14. The topological polar surface area (TPSA) is 75.3 Å². The molecule has 2 aliphatic rings. The van der Waals surface area contributed by atoms with E-state index in [1.807, 2.05) is 0 Å². The molecular formula is C12H23ClN2O3S. The molecule has 0 aromatic carbocycles. The third kappa shape index (κ3) is 4.61. The third-order valence-corrected chi connectivity index (χ3v) is 5.75. The smallest absolute Gasteiger partial charge is 0.224 e. The number of halogens is 1. The number of carbonyl (C=O) groups excluding carboxylic acids is 1. The first-order valence-corrected chi connectivity index (χ1v) is 8.41. The summed E-state index contributed by atoms with van der Waals surface area (Å²) in [6.07, 6.45) is 2.70. The van der Waals surface area contributed by atoms with Crippen molar-refractivity contribution in [3.05, 3.63) is 0 Å². The predicted octanol–water partition coefficient (Wildman–Crippen LogP) is 0.349. The zero-order valence-corrected chi connectivity index (χ0v) is 12.9. The number of piperidine rings is 1. The first kappa shape index (κ1) is 16.7. The number of nitrogens with one attached hydrogen (secondary N) is 2. The van der Waals surface area contributed by atoms with Gasteiger partial charge in [0.25, 0.3) is 0 Å². The Morgan fingerprint density at radius 2 is 2.21 bits per heavy atom. The van der Waals surface area contributed by atoms with Gasteiger partial charge in [-0.3, -0.25) is 4.79 Å². The van der Waals surface area contributed by atoms with Crippen molar-refractivity contribution in [1.82, 2.24) is 10.6 Å². The van der Waals surface area contributed by atoms with Gasteiger partial charge in [-0.05, 0) is 31.2 Å². The van der Waals surface area contributed by atoms with E-state index in [2.05, 4.69) is 17.6 Å². The first-order chi connectivity index (χ1) is 8.40. The van der Waals surface area contributed by atoms with Gasteiger partial charge in [0.1, 0.15) is 0 Å². The van der Waals surface area contributed by atoms with Gasteiger partial charge in [0, 0.05) is 13.1 Å². The molecule has 112 valence electrons. The lowest BCUT2D eigenvalue weighted by atomic mass is 9.82. The lowest BCUT2D eigenvalue weighted by Crippen LogP contribution is -2.46. The summed E-state index contributed by atoms with van der Waals surface area (Å²) in [5, 5.41) is 6.26. The van der Waals surface area contributed by atoms with E-state index in [4.69, 9.17) is 0 Å². The van der Waals surface area contributed by atoms with E-state index in [9.17, 15) is 13.2 Å². The highest BCUT2D eigenvalue weighted by molar-refractivity contribution is 7.91. The summed E-state index contributed by atoms with van der Waals surface area (Å²) in [5.74, 6) is -0.254. The Kier molecular flexibility index (Phi) is 5.65. The lowest BCUT2D eigenvalue weighted by molar-refractivity contribution is -0.124. The highest BCUT2D eigenvalue weighted by Gasteiger charge is 2.34. The molecule has 2 atom stereocenters. The summed E-state index contributed by atoms with van der Waals surface area (Å²) in [6, 6.07) is 0. The summed E-state index contributed by atoms with van der Waals surface area (Å²) in [4.78, 5) is 11.9. The largest absolute Gasteiger partial charge is 0.355 e. The third-order valence-electron chi connectivity index (χ3n) is 3.98. The minimum atomic E-state index is -2.97. The zero-order chi connectivity index (χ0) is 13.2. The average Bonchev–Trinajstić information content (AvgIpc) is 2.68. The Morgan fingerprint density at radius 3 is 2.74 bits per heavy atom. The Balaban J connectivity index is 0.00000180. The highest BCUT2D eigenvalue weighted by atomic mass is 35.5. The van der Waals surface area contributed by atoms with Crippen molar-refractivity contribution in [3.8, 4) is 0 Å². The molecule has 0 radical (unpaired) electrons. The van der Waals surface area contributed by atoms with Crippen molar-refractivity contribution < 1.29 is 13.2 Å². The fourth-order valence-corrected chi connectivity index (χ4v) is 4.46. The van der Waals surface area contributed by atoms with Crippen LogP contribution < -0.4 is 10.6 Å². The Labute approximate surface area is 121 Å². The molecular weight excluding hydrogens is 288 g/mol. The highest BCUT2D eigenvalue weighted by Crippen LogP contribution is 2.25. The van der Waals surface area contributed by atoms with E-state index >= 15 is 0 Å². The predicted molar refractivity (Wildman–Crippen MR) is 77.2 cm³/mol. The number of carbonyl (C=O) groups is 1. The minimum absolute atomic E-state index is 0. The van der Waals surface area contributed by atoms with E-state index in [0.717, 1.165) is 25.9 Å². The Hall–Kier alpha value is -0.330. The molecule has 0 aromatic heterocycles. The molecule has 2 saturated heterocycles. The van der Waals surface area contributed by atoms with Crippen LogP contribution >= 0.6 is 12.4 Å². The molecule has 2 aliphatic heterocycles. The molecule has 19 heavy (non-hydrogen) atoms. The van der Waals surface area contributed by atoms with Crippen LogP contribution in [0.5, 0.6) is 0 Å². The van der Waals surface area contributed by atoms with E-state index in [0.29, 0.717) is 13.0 Å². The molecule has 0 saturated carbocycles. The van der Waals surface area contributed by atoms with Crippen LogP contribution in [-0.2, 0) is 14.6 Å². The van der Waals surface area contributed by atoms with Crippen molar-refractivity contribution in [1.29, 1.82) is 0 Å². The number of rotatable bonds is 3. The van der Waals surface area contributed by atoms with Crippen molar-refractivity contribution in [2.24, 2.45) is 11.3 Å². The molecule has 2 rings (SSSR count). The van der Waals surface area contributed by atoms with E-state index in [-0.39, 0.29) is 41.2 Å². The minimum Gasteiger partial charge on any atom is -0.355 e. The van der Waals surface area contributed by atoms with Gasteiger partial charge in [0.2, 0.25) is 5.91 Å². The van der Waals surface area contributed by atoms with Crippen LogP contribution in [0.15, 0.2) is 0 Å². The molecule has 0 aliphatic carbocycles. The van der Waals surface area contributed by atoms with Crippen molar-refractivity contribution in [2.45, 2.75) is 26.2 Å². The van der Waals surface area contributed by atoms with Gasteiger partial charge in [-0.25, -0.2) is 8.42 Å². The number of hydrogen-bond acceptors (Lipinski definition) is 4. The molecule has 2 unspecified atom stereocenters. The van der Waals surface area contributed by atoms with Crippen molar-refractivity contribution >= 4 is 28.2 Å². The van der Waals surface area contributed by atoms with E-state index < -0.39 is 9.84 Å². The zero-order valence-electron chi connectivity index (χ0n) is 11.3. The fourth-order valence-electron chi connectivity index (χ4n) is 2.72. The van der Waals surface area contributed by atoms with Gasteiger partial charge in [0.15, 0.2) is 9.84 Å². The molecule has 7 heteroatoms. The van der Waals surface area contributed by atoms with Crippen LogP contribution in [0.25, 0.3) is 0 Å². The Bertz CT molecular complexity index is 419. The van der Waals surface area contributed by atoms with Crippen LogP contribution in [-0.4, -0.2) is 45.5 Å².